The van der Waals surface area contributed by atoms with E-state index in [0.29, 0.717) is 19.6 Å². The molecule has 1 fully saturated rings. The zero-order valence-corrected chi connectivity index (χ0v) is 13.2. The Bertz CT molecular complexity index is 549. The fourth-order valence-electron chi connectivity index (χ4n) is 2.52. The van der Waals surface area contributed by atoms with Crippen LogP contribution in [0.3, 0.4) is 0 Å². The van der Waals surface area contributed by atoms with E-state index in [9.17, 15) is 14.9 Å². The van der Waals surface area contributed by atoms with Gasteiger partial charge in [0.15, 0.2) is 0 Å². The Morgan fingerprint density at radius 3 is 2.86 bits per heavy atom. The summed E-state index contributed by atoms with van der Waals surface area (Å²) in [5.41, 5.74) is -0.521. The highest BCUT2D eigenvalue weighted by atomic mass is 16.6. The van der Waals surface area contributed by atoms with E-state index in [4.69, 9.17) is 4.74 Å². The van der Waals surface area contributed by atoms with Gasteiger partial charge in [0.2, 0.25) is 0 Å². The number of carbonyl (C=O) groups excluding carboxylic acids is 1. The lowest BCUT2D eigenvalue weighted by atomic mass is 9.98. The summed E-state index contributed by atoms with van der Waals surface area (Å²) in [6, 6.07) is 0. The van der Waals surface area contributed by atoms with Gasteiger partial charge in [-0.05, 0) is 39.5 Å². The SMILES string of the molecule is CC(C)(C)OC(=O)N1CCC[C@@H](Cn2cc([N+](=O)[O-])cn2)C1. The molecule has 1 aliphatic heterocycles. The lowest BCUT2D eigenvalue weighted by molar-refractivity contribution is -0.385. The molecule has 1 aromatic heterocycles. The van der Waals surface area contributed by atoms with Crippen molar-refractivity contribution >= 4 is 11.8 Å². The molecule has 1 atom stereocenters. The molecule has 1 saturated heterocycles. The van der Waals surface area contributed by atoms with E-state index in [2.05, 4.69) is 5.10 Å². The summed E-state index contributed by atoms with van der Waals surface area (Å²) in [5, 5.41) is 14.7. The minimum Gasteiger partial charge on any atom is -0.444 e. The van der Waals surface area contributed by atoms with Crippen molar-refractivity contribution in [3.05, 3.63) is 22.5 Å². The number of carbonyl (C=O) groups is 1. The fourth-order valence-corrected chi connectivity index (χ4v) is 2.52. The second-order valence-electron chi connectivity index (χ2n) is 6.61. The maximum atomic E-state index is 12.1. The molecule has 8 nitrogen and oxygen atoms in total. The molecule has 0 aromatic carbocycles. The average molecular weight is 310 g/mol. The van der Waals surface area contributed by atoms with Crippen LogP contribution in [0.15, 0.2) is 12.4 Å². The predicted molar refractivity (Wildman–Crippen MR) is 79.4 cm³/mol. The van der Waals surface area contributed by atoms with E-state index in [1.54, 1.807) is 9.58 Å². The maximum Gasteiger partial charge on any atom is 0.410 e. The highest BCUT2D eigenvalue weighted by Gasteiger charge is 2.28. The van der Waals surface area contributed by atoms with Crippen molar-refractivity contribution in [2.45, 2.75) is 45.8 Å². The number of hydrogen-bond acceptors (Lipinski definition) is 5. The Kier molecular flexibility index (Phi) is 4.68. The van der Waals surface area contributed by atoms with Crippen LogP contribution in [-0.4, -0.2) is 44.4 Å². The normalized spacial score (nSPS) is 19.0. The van der Waals surface area contributed by atoms with Crippen molar-refractivity contribution in [2.75, 3.05) is 13.1 Å². The molecule has 122 valence electrons. The van der Waals surface area contributed by atoms with Gasteiger partial charge in [-0.3, -0.25) is 14.8 Å². The number of nitrogens with zero attached hydrogens (tertiary/aromatic N) is 4. The topological polar surface area (TPSA) is 90.5 Å². The first-order valence-electron chi connectivity index (χ1n) is 7.39. The zero-order chi connectivity index (χ0) is 16.3. The summed E-state index contributed by atoms with van der Waals surface area (Å²) in [5.74, 6) is 0.223. The molecule has 0 N–H and O–H groups in total. The van der Waals surface area contributed by atoms with Gasteiger partial charge < -0.3 is 9.64 Å². The Hall–Kier alpha value is -2.12. The van der Waals surface area contributed by atoms with Gasteiger partial charge in [0.1, 0.15) is 18.0 Å². The van der Waals surface area contributed by atoms with Gasteiger partial charge in [0.25, 0.3) is 0 Å². The van der Waals surface area contributed by atoms with Crippen LogP contribution in [0.2, 0.25) is 0 Å². The van der Waals surface area contributed by atoms with Gasteiger partial charge in [0.05, 0.1) is 4.92 Å². The number of amides is 1. The van der Waals surface area contributed by atoms with Crippen LogP contribution in [-0.2, 0) is 11.3 Å². The summed E-state index contributed by atoms with van der Waals surface area (Å²) < 4.78 is 6.96. The number of rotatable bonds is 3. The highest BCUT2D eigenvalue weighted by Crippen LogP contribution is 2.21. The standard InChI is InChI=1S/C14H22N4O4/c1-14(2,3)22-13(19)16-6-4-5-11(8-16)9-17-10-12(7-15-17)18(20)21/h7,10-11H,4-6,8-9H2,1-3H3/t11-/m1/s1. The number of piperidine rings is 1. The summed E-state index contributed by atoms with van der Waals surface area (Å²) in [7, 11) is 0. The predicted octanol–water partition coefficient (Wildman–Crippen LogP) is 2.44. The molecule has 0 bridgehead atoms. The number of likely N-dealkylation sites (tertiary alicyclic amines) is 1. The third-order valence-corrected chi connectivity index (χ3v) is 3.45. The van der Waals surface area contributed by atoms with E-state index in [1.165, 1.54) is 12.4 Å². The van der Waals surface area contributed by atoms with Gasteiger partial charge in [-0.25, -0.2) is 4.79 Å². The van der Waals surface area contributed by atoms with E-state index >= 15 is 0 Å². The fraction of sp³-hybridized carbons (Fsp3) is 0.714. The smallest absolute Gasteiger partial charge is 0.410 e. The van der Waals surface area contributed by atoms with Gasteiger partial charge in [-0.2, -0.15) is 5.10 Å². The summed E-state index contributed by atoms with van der Waals surface area (Å²) in [4.78, 5) is 24.0. The second-order valence-corrected chi connectivity index (χ2v) is 6.61. The maximum absolute atomic E-state index is 12.1. The van der Waals surface area contributed by atoms with E-state index in [1.807, 2.05) is 20.8 Å². The molecule has 0 spiro atoms. The van der Waals surface area contributed by atoms with E-state index in [0.717, 1.165) is 12.8 Å². The van der Waals surface area contributed by atoms with Gasteiger partial charge in [0, 0.05) is 19.6 Å². The molecule has 2 heterocycles. The van der Waals surface area contributed by atoms with Crippen LogP contribution >= 0.6 is 0 Å². The number of aromatic nitrogens is 2. The molecule has 1 aromatic rings. The first kappa shape index (κ1) is 16.3. The average Bonchev–Trinajstić information content (AvgIpc) is 2.86. The number of ether oxygens (including phenoxy) is 1. The highest BCUT2D eigenvalue weighted by molar-refractivity contribution is 5.68. The lowest BCUT2D eigenvalue weighted by Gasteiger charge is -2.34. The Labute approximate surface area is 129 Å². The number of nitro groups is 1. The van der Waals surface area contributed by atoms with Gasteiger partial charge in [-0.15, -0.1) is 0 Å². The summed E-state index contributed by atoms with van der Waals surface area (Å²) in [6.45, 7) is 7.36. The lowest BCUT2D eigenvalue weighted by Crippen LogP contribution is -2.43. The quantitative estimate of drug-likeness (QED) is 0.631. The molecule has 0 aliphatic carbocycles. The van der Waals surface area contributed by atoms with Crippen molar-refractivity contribution in [1.82, 2.24) is 14.7 Å². The molecule has 1 amide bonds. The molecule has 0 unspecified atom stereocenters. The minimum absolute atomic E-state index is 0.0141. The molecule has 0 radical (unpaired) electrons. The first-order valence-corrected chi connectivity index (χ1v) is 7.39. The molecule has 0 saturated carbocycles. The van der Waals surface area contributed by atoms with Crippen LogP contribution in [0.4, 0.5) is 10.5 Å². The second kappa shape index (κ2) is 6.33. The van der Waals surface area contributed by atoms with E-state index < -0.39 is 10.5 Å². The Morgan fingerprint density at radius 1 is 1.55 bits per heavy atom. The van der Waals surface area contributed by atoms with Crippen molar-refractivity contribution < 1.29 is 14.5 Å². The molecule has 2 rings (SSSR count). The van der Waals surface area contributed by atoms with Crippen LogP contribution < -0.4 is 0 Å². The zero-order valence-electron chi connectivity index (χ0n) is 13.2. The Morgan fingerprint density at radius 2 is 2.27 bits per heavy atom. The van der Waals surface area contributed by atoms with Crippen molar-refractivity contribution in [1.29, 1.82) is 0 Å². The van der Waals surface area contributed by atoms with Crippen LogP contribution in [0, 0.1) is 16.0 Å². The molecular formula is C14H22N4O4. The van der Waals surface area contributed by atoms with Gasteiger partial charge >= 0.3 is 11.8 Å². The van der Waals surface area contributed by atoms with Crippen LogP contribution in [0.5, 0.6) is 0 Å². The van der Waals surface area contributed by atoms with Crippen LogP contribution in [0.25, 0.3) is 0 Å². The van der Waals surface area contributed by atoms with Gasteiger partial charge in [-0.1, -0.05) is 0 Å². The Balaban J connectivity index is 1.92. The molecule has 8 heteroatoms. The first-order chi connectivity index (χ1) is 10.2. The van der Waals surface area contributed by atoms with E-state index in [-0.39, 0.29) is 17.7 Å². The summed E-state index contributed by atoms with van der Waals surface area (Å²) in [6.07, 6.45) is 4.23. The monoisotopic (exact) mass is 310 g/mol. The minimum atomic E-state index is -0.507. The van der Waals surface area contributed by atoms with Crippen molar-refractivity contribution in [3.8, 4) is 0 Å². The van der Waals surface area contributed by atoms with Crippen molar-refractivity contribution in [2.24, 2.45) is 5.92 Å². The largest absolute Gasteiger partial charge is 0.444 e. The molecular weight excluding hydrogens is 288 g/mol. The third kappa shape index (κ3) is 4.44. The summed E-state index contributed by atoms with van der Waals surface area (Å²) >= 11 is 0. The van der Waals surface area contributed by atoms with Crippen molar-refractivity contribution in [3.63, 3.8) is 0 Å². The number of hydrogen-bond donors (Lipinski definition) is 0. The van der Waals surface area contributed by atoms with Crippen LogP contribution in [0.1, 0.15) is 33.6 Å². The molecule has 22 heavy (non-hydrogen) atoms. The third-order valence-electron chi connectivity index (χ3n) is 3.45. The molecule has 1 aliphatic rings.